The van der Waals surface area contributed by atoms with Gasteiger partial charge in [-0.1, -0.05) is 26.0 Å². The molecule has 1 rings (SSSR count). The van der Waals surface area contributed by atoms with Crippen molar-refractivity contribution < 1.29 is 4.74 Å². The standard InChI is InChI=1S/C13H19NO.ClH/c1-5-12(14)11-8-10(9(2)3)6-7-13(11)15-4;/h5-9,12H,1,14H2,2-4H3;1H/t12-;/m1./s1. The molecule has 0 fully saturated rings. The van der Waals surface area contributed by atoms with Crippen LogP contribution in [0.2, 0.25) is 0 Å². The van der Waals surface area contributed by atoms with Gasteiger partial charge in [-0.25, -0.2) is 0 Å². The van der Waals surface area contributed by atoms with E-state index >= 15 is 0 Å². The molecular weight excluding hydrogens is 222 g/mol. The Balaban J connectivity index is 0.00000225. The van der Waals surface area contributed by atoms with Crippen molar-refractivity contribution in [2.45, 2.75) is 25.8 Å². The Morgan fingerprint density at radius 2 is 2.00 bits per heavy atom. The van der Waals surface area contributed by atoms with Gasteiger partial charge in [-0.3, -0.25) is 0 Å². The molecule has 0 amide bonds. The quantitative estimate of drug-likeness (QED) is 0.820. The Morgan fingerprint density at radius 1 is 1.38 bits per heavy atom. The molecule has 16 heavy (non-hydrogen) atoms. The van der Waals surface area contributed by atoms with Gasteiger partial charge in [0.05, 0.1) is 13.2 Å². The third kappa shape index (κ3) is 3.26. The molecule has 90 valence electrons. The van der Waals surface area contributed by atoms with Crippen LogP contribution in [-0.2, 0) is 0 Å². The highest BCUT2D eigenvalue weighted by molar-refractivity contribution is 5.85. The van der Waals surface area contributed by atoms with Crippen molar-refractivity contribution in [1.29, 1.82) is 0 Å². The van der Waals surface area contributed by atoms with Crippen LogP contribution >= 0.6 is 12.4 Å². The van der Waals surface area contributed by atoms with Gasteiger partial charge in [0, 0.05) is 5.56 Å². The minimum Gasteiger partial charge on any atom is -0.496 e. The number of benzene rings is 1. The molecule has 0 aromatic heterocycles. The lowest BCUT2D eigenvalue weighted by Crippen LogP contribution is -2.09. The molecule has 0 unspecified atom stereocenters. The molecule has 3 heteroatoms. The third-order valence-corrected chi connectivity index (χ3v) is 2.53. The zero-order chi connectivity index (χ0) is 11.4. The minimum absolute atomic E-state index is 0. The topological polar surface area (TPSA) is 35.2 Å². The van der Waals surface area contributed by atoms with E-state index in [1.165, 1.54) is 5.56 Å². The first-order chi connectivity index (χ1) is 7.10. The molecule has 1 aromatic carbocycles. The summed E-state index contributed by atoms with van der Waals surface area (Å²) in [5.41, 5.74) is 8.21. The molecule has 0 aliphatic carbocycles. The largest absolute Gasteiger partial charge is 0.496 e. The summed E-state index contributed by atoms with van der Waals surface area (Å²) in [4.78, 5) is 0. The first kappa shape index (κ1) is 15.0. The van der Waals surface area contributed by atoms with Gasteiger partial charge in [0.15, 0.2) is 0 Å². The second-order valence-corrected chi connectivity index (χ2v) is 3.92. The number of ether oxygens (including phenoxy) is 1. The maximum Gasteiger partial charge on any atom is 0.123 e. The summed E-state index contributed by atoms with van der Waals surface area (Å²) in [6, 6.07) is 5.96. The van der Waals surface area contributed by atoms with Gasteiger partial charge in [0.1, 0.15) is 5.75 Å². The highest BCUT2D eigenvalue weighted by Gasteiger charge is 2.10. The van der Waals surface area contributed by atoms with Crippen LogP contribution in [-0.4, -0.2) is 7.11 Å². The molecule has 0 bridgehead atoms. The van der Waals surface area contributed by atoms with Gasteiger partial charge in [0.2, 0.25) is 0 Å². The molecule has 0 spiro atoms. The zero-order valence-electron chi connectivity index (χ0n) is 10.1. The summed E-state index contributed by atoms with van der Waals surface area (Å²) in [6.45, 7) is 8.02. The van der Waals surface area contributed by atoms with Crippen molar-refractivity contribution in [1.82, 2.24) is 0 Å². The van der Waals surface area contributed by atoms with Crippen molar-refractivity contribution in [2.24, 2.45) is 5.73 Å². The van der Waals surface area contributed by atoms with Gasteiger partial charge in [-0.2, -0.15) is 0 Å². The SMILES string of the molecule is C=C[C@@H](N)c1cc(C(C)C)ccc1OC.Cl. The fourth-order valence-electron chi connectivity index (χ4n) is 1.50. The fraction of sp³-hybridized carbons (Fsp3) is 0.385. The maximum absolute atomic E-state index is 5.94. The van der Waals surface area contributed by atoms with E-state index < -0.39 is 0 Å². The van der Waals surface area contributed by atoms with E-state index in [0.29, 0.717) is 5.92 Å². The van der Waals surface area contributed by atoms with Crippen LogP contribution in [0.5, 0.6) is 5.75 Å². The van der Waals surface area contributed by atoms with Gasteiger partial charge < -0.3 is 10.5 Å². The van der Waals surface area contributed by atoms with Crippen LogP contribution in [0, 0.1) is 0 Å². The molecular formula is C13H20ClNO. The average Bonchev–Trinajstić information content (AvgIpc) is 2.27. The van der Waals surface area contributed by atoms with Crippen molar-refractivity contribution in [3.05, 3.63) is 42.0 Å². The van der Waals surface area contributed by atoms with Crippen LogP contribution in [0.15, 0.2) is 30.9 Å². The van der Waals surface area contributed by atoms with Crippen molar-refractivity contribution in [2.75, 3.05) is 7.11 Å². The molecule has 1 aromatic rings. The van der Waals surface area contributed by atoms with Crippen molar-refractivity contribution in [3.8, 4) is 5.75 Å². The van der Waals surface area contributed by atoms with E-state index in [1.54, 1.807) is 13.2 Å². The lowest BCUT2D eigenvalue weighted by Gasteiger charge is -2.15. The molecule has 2 nitrogen and oxygen atoms in total. The molecule has 0 radical (unpaired) electrons. The normalized spacial score (nSPS) is 11.8. The predicted octanol–water partition coefficient (Wildman–Crippen LogP) is 3.43. The van der Waals surface area contributed by atoms with E-state index in [-0.39, 0.29) is 18.4 Å². The average molecular weight is 242 g/mol. The smallest absolute Gasteiger partial charge is 0.123 e. The van der Waals surface area contributed by atoms with Crippen LogP contribution in [0.4, 0.5) is 0 Å². The summed E-state index contributed by atoms with van der Waals surface area (Å²) >= 11 is 0. The monoisotopic (exact) mass is 241 g/mol. The highest BCUT2D eigenvalue weighted by atomic mass is 35.5. The third-order valence-electron chi connectivity index (χ3n) is 2.53. The maximum atomic E-state index is 5.94. The summed E-state index contributed by atoms with van der Waals surface area (Å²) < 4.78 is 5.28. The Morgan fingerprint density at radius 3 is 2.44 bits per heavy atom. The van der Waals surface area contributed by atoms with Gasteiger partial charge in [-0.05, 0) is 23.6 Å². The molecule has 0 saturated heterocycles. The van der Waals surface area contributed by atoms with E-state index in [0.717, 1.165) is 11.3 Å². The molecule has 2 N–H and O–H groups in total. The minimum atomic E-state index is -0.168. The molecule has 0 aliphatic heterocycles. The Hall–Kier alpha value is -0.990. The predicted molar refractivity (Wildman–Crippen MR) is 71.5 cm³/mol. The first-order valence-electron chi connectivity index (χ1n) is 5.16. The van der Waals surface area contributed by atoms with Crippen LogP contribution in [0.25, 0.3) is 0 Å². The van der Waals surface area contributed by atoms with Gasteiger partial charge >= 0.3 is 0 Å². The molecule has 1 atom stereocenters. The van der Waals surface area contributed by atoms with Crippen LogP contribution < -0.4 is 10.5 Å². The van der Waals surface area contributed by atoms with Crippen molar-refractivity contribution >= 4 is 12.4 Å². The fourth-order valence-corrected chi connectivity index (χ4v) is 1.50. The van der Waals surface area contributed by atoms with E-state index in [9.17, 15) is 0 Å². The van der Waals surface area contributed by atoms with E-state index in [1.807, 2.05) is 6.07 Å². The lowest BCUT2D eigenvalue weighted by atomic mass is 9.97. The van der Waals surface area contributed by atoms with Crippen LogP contribution in [0.3, 0.4) is 0 Å². The number of hydrogen-bond acceptors (Lipinski definition) is 2. The number of methoxy groups -OCH3 is 1. The Kier molecular flexibility index (Phi) is 6.16. The van der Waals surface area contributed by atoms with E-state index in [2.05, 4.69) is 32.6 Å². The summed E-state index contributed by atoms with van der Waals surface area (Å²) in [6.07, 6.45) is 1.72. The van der Waals surface area contributed by atoms with Crippen molar-refractivity contribution in [3.63, 3.8) is 0 Å². The number of nitrogens with two attached hydrogens (primary N) is 1. The zero-order valence-corrected chi connectivity index (χ0v) is 10.9. The highest BCUT2D eigenvalue weighted by Crippen LogP contribution is 2.28. The summed E-state index contributed by atoms with van der Waals surface area (Å²) in [5, 5.41) is 0. The number of halogens is 1. The number of rotatable bonds is 4. The summed E-state index contributed by atoms with van der Waals surface area (Å²) in [5.74, 6) is 1.32. The number of hydrogen-bond donors (Lipinski definition) is 1. The van der Waals surface area contributed by atoms with E-state index in [4.69, 9.17) is 10.5 Å². The van der Waals surface area contributed by atoms with Crippen LogP contribution in [0.1, 0.15) is 36.9 Å². The summed E-state index contributed by atoms with van der Waals surface area (Å²) in [7, 11) is 1.66. The second-order valence-electron chi connectivity index (χ2n) is 3.92. The molecule has 0 heterocycles. The first-order valence-corrected chi connectivity index (χ1v) is 5.16. The van der Waals surface area contributed by atoms with Gasteiger partial charge in [0.25, 0.3) is 0 Å². The Bertz CT molecular complexity index is 350. The molecule has 0 aliphatic rings. The second kappa shape index (κ2) is 6.56. The lowest BCUT2D eigenvalue weighted by molar-refractivity contribution is 0.408. The van der Waals surface area contributed by atoms with Gasteiger partial charge in [-0.15, -0.1) is 19.0 Å². The Labute approximate surface area is 104 Å². The molecule has 0 saturated carbocycles.